The number of hydrogen-bond acceptors (Lipinski definition) is 0. The van der Waals surface area contributed by atoms with E-state index in [4.69, 9.17) is 0 Å². The van der Waals surface area contributed by atoms with Crippen LogP contribution in [-0.4, -0.2) is 0 Å². The van der Waals surface area contributed by atoms with Crippen LogP contribution in [0.4, 0.5) is 0 Å². The van der Waals surface area contributed by atoms with Crippen molar-refractivity contribution in [3.63, 3.8) is 0 Å². The van der Waals surface area contributed by atoms with E-state index in [0.717, 1.165) is 5.92 Å². The van der Waals surface area contributed by atoms with Gasteiger partial charge in [0.25, 0.3) is 0 Å². The molecule has 0 aliphatic heterocycles. The summed E-state index contributed by atoms with van der Waals surface area (Å²) in [6.45, 7) is 7.00. The Bertz CT molecular complexity index is 802. The summed E-state index contributed by atoms with van der Waals surface area (Å²) in [5.74, 6) is 0.876. The Morgan fingerprint density at radius 1 is 0.436 bits per heavy atom. The molecule has 0 spiro atoms. The standard InChI is InChI=1S/C39H64/c1-4-5-6-7-8-9-13-16-19-23-29-37-33-27-34-38(39(37)36-31-25-21-26-32-36)30-24-20-17-14-11-10-12-15-18-22-28-35(2)3/h21,25-27,31-35H,4-20,22-24,28-30H2,1-3H3. The van der Waals surface area contributed by atoms with Crippen molar-refractivity contribution < 1.29 is 0 Å². The lowest BCUT2D eigenvalue weighted by molar-refractivity contribution is 0.505. The molecule has 2 aromatic rings. The minimum atomic E-state index is 0.876. The fourth-order valence-electron chi connectivity index (χ4n) is 6.13. The molecule has 39 heavy (non-hydrogen) atoms. The summed E-state index contributed by atoms with van der Waals surface area (Å²) in [6, 6.07) is 18.4. The molecule has 0 saturated heterocycles. The molecule has 0 aliphatic carbocycles. The molecule has 220 valence electrons. The summed E-state index contributed by atoms with van der Waals surface area (Å²) in [6.07, 6.45) is 32.2. The zero-order chi connectivity index (χ0) is 27.8. The SMILES string of the molecule is CCCCCCCCCCCCc1cccc(CCCCCCCCCCCCC(C)C)c1-c1ccccc1. The molecule has 0 saturated carbocycles. The van der Waals surface area contributed by atoms with E-state index in [9.17, 15) is 0 Å². The molecule has 0 atom stereocenters. The first kappa shape index (κ1) is 33.6. The summed E-state index contributed by atoms with van der Waals surface area (Å²) in [4.78, 5) is 0. The van der Waals surface area contributed by atoms with Gasteiger partial charge in [0.15, 0.2) is 0 Å². The van der Waals surface area contributed by atoms with Gasteiger partial charge in [0.05, 0.1) is 0 Å². The Labute approximate surface area is 244 Å². The highest BCUT2D eigenvalue weighted by atomic mass is 14.2. The van der Waals surface area contributed by atoms with Crippen LogP contribution < -0.4 is 0 Å². The second-order valence-corrected chi connectivity index (χ2v) is 12.7. The van der Waals surface area contributed by atoms with E-state index in [1.807, 2.05) is 0 Å². The van der Waals surface area contributed by atoms with Gasteiger partial charge in [-0.25, -0.2) is 0 Å². The fraction of sp³-hybridized carbons (Fsp3) is 0.692. The minimum Gasteiger partial charge on any atom is -0.0654 e. The Balaban J connectivity index is 1.69. The van der Waals surface area contributed by atoms with Gasteiger partial charge in [-0.15, -0.1) is 0 Å². The molecular formula is C39H64. The van der Waals surface area contributed by atoms with Gasteiger partial charge in [-0.3, -0.25) is 0 Å². The summed E-state index contributed by atoms with van der Waals surface area (Å²) in [5, 5.41) is 0. The van der Waals surface area contributed by atoms with Crippen molar-refractivity contribution in [3.8, 4) is 11.1 Å². The van der Waals surface area contributed by atoms with E-state index < -0.39 is 0 Å². The molecule has 0 heterocycles. The summed E-state index contributed by atoms with van der Waals surface area (Å²) in [7, 11) is 0. The largest absolute Gasteiger partial charge is 0.0654 e. The highest BCUT2D eigenvalue weighted by molar-refractivity contribution is 5.71. The lowest BCUT2D eigenvalue weighted by atomic mass is 9.89. The van der Waals surface area contributed by atoms with Crippen molar-refractivity contribution in [1.82, 2.24) is 0 Å². The quantitative estimate of drug-likeness (QED) is 0.112. The summed E-state index contributed by atoms with van der Waals surface area (Å²) in [5.41, 5.74) is 6.12. The number of aryl methyl sites for hydroxylation is 2. The van der Waals surface area contributed by atoms with Gasteiger partial charge in [-0.1, -0.05) is 191 Å². The minimum absolute atomic E-state index is 0.876. The van der Waals surface area contributed by atoms with Crippen molar-refractivity contribution in [1.29, 1.82) is 0 Å². The predicted molar refractivity (Wildman–Crippen MR) is 177 cm³/mol. The first-order chi connectivity index (χ1) is 19.2. The molecule has 0 radical (unpaired) electrons. The highest BCUT2D eigenvalue weighted by Crippen LogP contribution is 2.30. The monoisotopic (exact) mass is 533 g/mol. The molecule has 0 aromatic heterocycles. The van der Waals surface area contributed by atoms with Crippen molar-refractivity contribution in [2.75, 3.05) is 0 Å². The van der Waals surface area contributed by atoms with Gasteiger partial charge in [0, 0.05) is 0 Å². The first-order valence-corrected chi connectivity index (χ1v) is 17.4. The lowest BCUT2D eigenvalue weighted by Gasteiger charge is -2.16. The first-order valence-electron chi connectivity index (χ1n) is 17.4. The smallest absolute Gasteiger partial charge is 0.0120 e. The Morgan fingerprint density at radius 2 is 0.846 bits per heavy atom. The molecule has 0 bridgehead atoms. The fourth-order valence-corrected chi connectivity index (χ4v) is 6.13. The molecule has 0 amide bonds. The summed E-state index contributed by atoms with van der Waals surface area (Å²) >= 11 is 0. The maximum atomic E-state index is 2.41. The van der Waals surface area contributed by atoms with Crippen LogP contribution in [-0.2, 0) is 12.8 Å². The van der Waals surface area contributed by atoms with Crippen LogP contribution in [0.1, 0.15) is 167 Å². The van der Waals surface area contributed by atoms with Crippen molar-refractivity contribution >= 4 is 0 Å². The van der Waals surface area contributed by atoms with Crippen LogP contribution in [0.3, 0.4) is 0 Å². The van der Waals surface area contributed by atoms with E-state index in [2.05, 4.69) is 69.3 Å². The van der Waals surface area contributed by atoms with Gasteiger partial charge in [-0.2, -0.15) is 0 Å². The lowest BCUT2D eigenvalue weighted by Crippen LogP contribution is -1.98. The molecule has 2 rings (SSSR count). The molecule has 0 nitrogen and oxygen atoms in total. The van der Waals surface area contributed by atoms with E-state index >= 15 is 0 Å². The average molecular weight is 533 g/mol. The van der Waals surface area contributed by atoms with Crippen LogP contribution >= 0.6 is 0 Å². The third-order valence-electron chi connectivity index (χ3n) is 8.58. The Hall–Kier alpha value is -1.56. The van der Waals surface area contributed by atoms with Crippen molar-refractivity contribution in [2.45, 2.75) is 168 Å². The van der Waals surface area contributed by atoms with Crippen LogP contribution in [0, 0.1) is 5.92 Å². The molecule has 0 fully saturated rings. The Morgan fingerprint density at radius 3 is 1.28 bits per heavy atom. The van der Waals surface area contributed by atoms with E-state index in [1.54, 1.807) is 16.7 Å². The maximum absolute atomic E-state index is 2.41. The second-order valence-electron chi connectivity index (χ2n) is 12.7. The maximum Gasteiger partial charge on any atom is -0.0120 e. The molecular weight excluding hydrogens is 468 g/mol. The van der Waals surface area contributed by atoms with Crippen molar-refractivity contribution in [3.05, 3.63) is 59.7 Å². The van der Waals surface area contributed by atoms with Gasteiger partial charge < -0.3 is 0 Å². The van der Waals surface area contributed by atoms with Crippen molar-refractivity contribution in [2.24, 2.45) is 5.92 Å². The average Bonchev–Trinajstić information content (AvgIpc) is 2.95. The second kappa shape index (κ2) is 23.2. The summed E-state index contributed by atoms with van der Waals surface area (Å²) < 4.78 is 0. The van der Waals surface area contributed by atoms with Crippen LogP contribution in [0.25, 0.3) is 11.1 Å². The number of hydrogen-bond donors (Lipinski definition) is 0. The van der Waals surface area contributed by atoms with Gasteiger partial charge in [-0.05, 0) is 53.9 Å². The predicted octanol–water partition coefficient (Wildman–Crippen LogP) is 13.3. The van der Waals surface area contributed by atoms with E-state index in [0.29, 0.717) is 0 Å². The Kier molecular flexibility index (Phi) is 20.0. The molecule has 0 unspecified atom stereocenters. The molecule has 0 heteroatoms. The van der Waals surface area contributed by atoms with Gasteiger partial charge in [0.1, 0.15) is 0 Å². The third-order valence-corrected chi connectivity index (χ3v) is 8.58. The van der Waals surface area contributed by atoms with Crippen LogP contribution in [0.2, 0.25) is 0 Å². The molecule has 0 N–H and O–H groups in total. The van der Waals surface area contributed by atoms with E-state index in [-0.39, 0.29) is 0 Å². The number of unbranched alkanes of at least 4 members (excludes halogenated alkanes) is 18. The molecule has 2 aromatic carbocycles. The third kappa shape index (κ3) is 16.3. The zero-order valence-electron chi connectivity index (χ0n) is 26.5. The van der Waals surface area contributed by atoms with Gasteiger partial charge >= 0.3 is 0 Å². The number of benzene rings is 2. The van der Waals surface area contributed by atoms with Crippen LogP contribution in [0.15, 0.2) is 48.5 Å². The highest BCUT2D eigenvalue weighted by Gasteiger charge is 2.10. The topological polar surface area (TPSA) is 0 Å². The van der Waals surface area contributed by atoms with Gasteiger partial charge in [0.2, 0.25) is 0 Å². The normalized spacial score (nSPS) is 11.5. The van der Waals surface area contributed by atoms with Crippen LogP contribution in [0.5, 0.6) is 0 Å². The molecule has 0 aliphatic rings. The van der Waals surface area contributed by atoms with E-state index in [1.165, 1.54) is 153 Å². The number of rotatable bonds is 25. The zero-order valence-corrected chi connectivity index (χ0v) is 26.5.